The zero-order valence-electron chi connectivity index (χ0n) is 10.3. The molecular weight excluding hydrogens is 244 g/mol. The average Bonchev–Trinajstić information content (AvgIpc) is 2.35. The van der Waals surface area contributed by atoms with E-state index in [1.807, 2.05) is 0 Å². The molecule has 0 bridgehead atoms. The maximum absolute atomic E-state index is 12.1. The summed E-state index contributed by atoms with van der Waals surface area (Å²) in [5.74, 6) is 0. The van der Waals surface area contributed by atoms with Gasteiger partial charge in [-0.25, -0.2) is 12.7 Å². The van der Waals surface area contributed by atoms with Gasteiger partial charge in [0.15, 0.2) is 0 Å². The Labute approximate surface area is 103 Å². The highest BCUT2D eigenvalue weighted by molar-refractivity contribution is 7.89. The van der Waals surface area contributed by atoms with E-state index in [2.05, 4.69) is 5.32 Å². The van der Waals surface area contributed by atoms with Gasteiger partial charge in [0.05, 0.1) is 25.1 Å². The van der Waals surface area contributed by atoms with Crippen molar-refractivity contribution in [2.75, 3.05) is 46.5 Å². The van der Waals surface area contributed by atoms with E-state index in [-0.39, 0.29) is 18.5 Å². The molecule has 1 saturated heterocycles. The Kier molecular flexibility index (Phi) is 6.35. The number of ether oxygens (including phenoxy) is 1. The third-order valence-electron chi connectivity index (χ3n) is 2.93. The van der Waals surface area contributed by atoms with Crippen molar-refractivity contribution < 1.29 is 18.3 Å². The van der Waals surface area contributed by atoms with Gasteiger partial charge in [-0.05, 0) is 25.9 Å². The Morgan fingerprint density at radius 2 is 2.00 bits per heavy atom. The molecule has 2 N–H and O–H groups in total. The van der Waals surface area contributed by atoms with Crippen molar-refractivity contribution in [1.82, 2.24) is 9.62 Å². The average molecular weight is 266 g/mol. The highest BCUT2D eigenvalue weighted by Crippen LogP contribution is 2.16. The van der Waals surface area contributed by atoms with E-state index < -0.39 is 10.0 Å². The third-order valence-corrected chi connectivity index (χ3v) is 5.29. The lowest BCUT2D eigenvalue weighted by molar-refractivity contribution is 0.0875. The monoisotopic (exact) mass is 266 g/mol. The first-order chi connectivity index (χ1) is 8.09. The number of hydrogen-bond donors (Lipinski definition) is 2. The van der Waals surface area contributed by atoms with E-state index >= 15 is 0 Å². The number of sulfonamides is 1. The van der Waals surface area contributed by atoms with Gasteiger partial charge in [-0.1, -0.05) is 0 Å². The van der Waals surface area contributed by atoms with Crippen LogP contribution >= 0.6 is 0 Å². The van der Waals surface area contributed by atoms with Gasteiger partial charge in [-0.15, -0.1) is 0 Å². The van der Waals surface area contributed by atoms with Gasteiger partial charge >= 0.3 is 0 Å². The number of aliphatic hydroxyl groups excluding tert-OH is 1. The van der Waals surface area contributed by atoms with Crippen LogP contribution in [-0.2, 0) is 14.8 Å². The van der Waals surface area contributed by atoms with E-state index in [4.69, 9.17) is 9.84 Å². The summed E-state index contributed by atoms with van der Waals surface area (Å²) < 4.78 is 30.7. The second-order valence-corrected chi connectivity index (χ2v) is 6.47. The molecule has 1 fully saturated rings. The van der Waals surface area contributed by atoms with Crippen LogP contribution in [0.1, 0.15) is 12.8 Å². The minimum Gasteiger partial charge on any atom is -0.394 e. The molecule has 0 saturated carbocycles. The van der Waals surface area contributed by atoms with Gasteiger partial charge in [0, 0.05) is 13.6 Å². The van der Waals surface area contributed by atoms with Crippen LogP contribution < -0.4 is 5.32 Å². The fourth-order valence-corrected chi connectivity index (χ4v) is 3.50. The van der Waals surface area contributed by atoms with Crippen LogP contribution in [0, 0.1) is 0 Å². The number of nitrogens with zero attached hydrogens (tertiary/aromatic N) is 1. The van der Waals surface area contributed by atoms with Crippen LogP contribution in [0.2, 0.25) is 0 Å². The largest absolute Gasteiger partial charge is 0.394 e. The van der Waals surface area contributed by atoms with Crippen molar-refractivity contribution in [2.45, 2.75) is 18.1 Å². The number of aliphatic hydroxyl groups is 1. The third kappa shape index (κ3) is 4.51. The van der Waals surface area contributed by atoms with Crippen LogP contribution in [-0.4, -0.2) is 69.6 Å². The van der Waals surface area contributed by atoms with E-state index in [1.54, 1.807) is 7.05 Å². The van der Waals surface area contributed by atoms with Gasteiger partial charge in [0.25, 0.3) is 0 Å². The molecule has 0 aliphatic carbocycles. The Morgan fingerprint density at radius 3 is 2.59 bits per heavy atom. The minimum atomic E-state index is -3.20. The topological polar surface area (TPSA) is 78.9 Å². The van der Waals surface area contributed by atoms with Crippen molar-refractivity contribution in [3.05, 3.63) is 0 Å². The van der Waals surface area contributed by atoms with Gasteiger partial charge < -0.3 is 15.2 Å². The molecule has 1 heterocycles. The van der Waals surface area contributed by atoms with E-state index in [0.717, 1.165) is 13.1 Å². The first-order valence-corrected chi connectivity index (χ1v) is 7.44. The normalized spacial score (nSPS) is 18.8. The summed E-state index contributed by atoms with van der Waals surface area (Å²) in [5.41, 5.74) is 0. The Balaban J connectivity index is 2.39. The molecule has 0 aromatic rings. The Morgan fingerprint density at radius 1 is 1.35 bits per heavy atom. The highest BCUT2D eigenvalue weighted by Gasteiger charge is 2.30. The first kappa shape index (κ1) is 14.8. The van der Waals surface area contributed by atoms with Crippen molar-refractivity contribution in [2.24, 2.45) is 0 Å². The lowest BCUT2D eigenvalue weighted by atomic mass is 10.2. The lowest BCUT2D eigenvalue weighted by Crippen LogP contribution is -2.43. The Bertz CT molecular complexity index is 301. The SMILES string of the molecule is CN(CCOCCO)S(=O)(=O)C1CCNCC1. The lowest BCUT2D eigenvalue weighted by Gasteiger charge is -2.27. The molecule has 0 atom stereocenters. The molecule has 1 aliphatic rings. The molecular formula is C10H22N2O4S. The molecule has 0 amide bonds. The summed E-state index contributed by atoms with van der Waals surface area (Å²) >= 11 is 0. The van der Waals surface area contributed by atoms with Crippen molar-refractivity contribution in [3.8, 4) is 0 Å². The summed E-state index contributed by atoms with van der Waals surface area (Å²) in [5, 5.41) is 11.4. The van der Waals surface area contributed by atoms with Gasteiger partial charge in [-0.2, -0.15) is 0 Å². The van der Waals surface area contributed by atoms with Crippen molar-refractivity contribution in [1.29, 1.82) is 0 Å². The molecule has 0 aromatic heterocycles. The van der Waals surface area contributed by atoms with Crippen LogP contribution in [0.3, 0.4) is 0 Å². The standard InChI is InChI=1S/C10H22N2O4S/c1-12(6-8-16-9-7-13)17(14,15)10-2-4-11-5-3-10/h10-11,13H,2-9H2,1H3. The number of rotatable bonds is 7. The molecule has 0 aromatic carbocycles. The second-order valence-electron chi connectivity index (χ2n) is 4.15. The fraction of sp³-hybridized carbons (Fsp3) is 1.00. The van der Waals surface area contributed by atoms with Crippen LogP contribution in [0.25, 0.3) is 0 Å². The number of hydrogen-bond acceptors (Lipinski definition) is 5. The predicted octanol–water partition coefficient (Wildman–Crippen LogP) is -0.991. The maximum Gasteiger partial charge on any atom is 0.216 e. The summed E-state index contributed by atoms with van der Waals surface area (Å²) in [4.78, 5) is 0. The fourth-order valence-electron chi connectivity index (χ4n) is 1.83. The molecule has 1 aliphatic heterocycles. The van der Waals surface area contributed by atoms with Crippen molar-refractivity contribution >= 4 is 10.0 Å². The summed E-state index contributed by atoms with van der Waals surface area (Å²) in [6.45, 7) is 2.40. The molecule has 0 unspecified atom stereocenters. The summed E-state index contributed by atoms with van der Waals surface area (Å²) in [6, 6.07) is 0. The van der Waals surface area contributed by atoms with Gasteiger partial charge in [-0.3, -0.25) is 0 Å². The summed E-state index contributed by atoms with van der Waals surface area (Å²) in [6.07, 6.45) is 1.34. The predicted molar refractivity (Wildman–Crippen MR) is 65.3 cm³/mol. The number of likely N-dealkylation sites (N-methyl/N-ethyl adjacent to an activating group) is 1. The molecule has 7 heteroatoms. The van der Waals surface area contributed by atoms with Crippen LogP contribution in [0.4, 0.5) is 0 Å². The van der Waals surface area contributed by atoms with Crippen LogP contribution in [0.5, 0.6) is 0 Å². The Hall–Kier alpha value is -0.210. The first-order valence-electron chi connectivity index (χ1n) is 5.93. The molecule has 0 radical (unpaired) electrons. The maximum atomic E-state index is 12.1. The van der Waals surface area contributed by atoms with E-state index in [9.17, 15) is 8.42 Å². The van der Waals surface area contributed by atoms with Crippen molar-refractivity contribution in [3.63, 3.8) is 0 Å². The molecule has 102 valence electrons. The number of piperidine rings is 1. The smallest absolute Gasteiger partial charge is 0.216 e. The van der Waals surface area contributed by atoms with E-state index in [0.29, 0.717) is 26.0 Å². The second kappa shape index (κ2) is 7.27. The van der Waals surface area contributed by atoms with E-state index in [1.165, 1.54) is 4.31 Å². The molecule has 17 heavy (non-hydrogen) atoms. The minimum absolute atomic E-state index is 0.0369. The zero-order chi connectivity index (χ0) is 12.7. The van der Waals surface area contributed by atoms with Gasteiger partial charge in [0.2, 0.25) is 10.0 Å². The molecule has 1 rings (SSSR count). The van der Waals surface area contributed by atoms with Crippen LogP contribution in [0.15, 0.2) is 0 Å². The quantitative estimate of drug-likeness (QED) is 0.578. The number of nitrogens with one attached hydrogen (secondary N) is 1. The highest BCUT2D eigenvalue weighted by atomic mass is 32.2. The zero-order valence-corrected chi connectivity index (χ0v) is 11.1. The summed E-state index contributed by atoms with van der Waals surface area (Å²) in [7, 11) is -1.62. The molecule has 6 nitrogen and oxygen atoms in total. The molecule has 0 spiro atoms. The van der Waals surface area contributed by atoms with Gasteiger partial charge in [0.1, 0.15) is 0 Å².